The average molecular weight is 222 g/mol. The molecule has 0 aliphatic carbocycles. The molecule has 13 heavy (non-hydrogen) atoms. The first-order valence-electron chi connectivity index (χ1n) is 4.49. The van der Waals surface area contributed by atoms with Crippen LogP contribution in [0, 0.1) is 0 Å². The van der Waals surface area contributed by atoms with Crippen LogP contribution in [0.4, 0.5) is 0 Å². The number of hydrogen-bond acceptors (Lipinski definition) is 4. The van der Waals surface area contributed by atoms with Crippen molar-refractivity contribution in [1.29, 1.82) is 0 Å². The maximum absolute atomic E-state index is 10.1. The normalized spacial score (nSPS) is 11.9. The van der Waals surface area contributed by atoms with E-state index in [2.05, 4.69) is 4.99 Å². The van der Waals surface area contributed by atoms with Crippen molar-refractivity contribution < 1.29 is 30.1 Å². The molecule has 0 aromatic rings. The van der Waals surface area contributed by atoms with Crippen LogP contribution in [0.1, 0.15) is 27.2 Å². The van der Waals surface area contributed by atoms with Crippen LogP contribution < -0.4 is 0 Å². The van der Waals surface area contributed by atoms with Gasteiger partial charge in [-0.3, -0.25) is 0 Å². The van der Waals surface area contributed by atoms with Crippen LogP contribution in [0.25, 0.3) is 0 Å². The van der Waals surface area contributed by atoms with Crippen LogP contribution in [0.3, 0.4) is 0 Å². The third-order valence-corrected chi connectivity index (χ3v) is 4.92. The summed E-state index contributed by atoms with van der Waals surface area (Å²) in [6, 6.07) is 0. The Morgan fingerprint density at radius 2 is 1.85 bits per heavy atom. The maximum atomic E-state index is 10.1. The second-order valence-corrected chi connectivity index (χ2v) is 5.27. The summed E-state index contributed by atoms with van der Waals surface area (Å²) < 4.78 is 10.8. The van der Waals surface area contributed by atoms with E-state index in [0.717, 1.165) is 6.42 Å². The first kappa shape index (κ1) is 13.0. The summed E-state index contributed by atoms with van der Waals surface area (Å²) in [5.41, 5.74) is 0. The molecule has 0 fully saturated rings. The zero-order valence-electron chi connectivity index (χ0n) is 8.37. The van der Waals surface area contributed by atoms with Crippen LogP contribution in [-0.4, -0.2) is 23.6 Å². The van der Waals surface area contributed by atoms with Gasteiger partial charge in [0.05, 0.1) is 0 Å². The van der Waals surface area contributed by atoms with E-state index >= 15 is 0 Å². The summed E-state index contributed by atoms with van der Waals surface area (Å²) in [5.74, 6) is 0. The second-order valence-electron chi connectivity index (χ2n) is 2.33. The summed E-state index contributed by atoms with van der Waals surface area (Å²) >= 11 is -2.07. The number of isocyanates is 1. The zero-order chi connectivity index (χ0) is 10.1. The molecule has 0 N–H and O–H groups in total. The fourth-order valence-corrected chi connectivity index (χ4v) is 3.28. The average Bonchev–Trinajstić information content (AvgIpc) is 2.14. The van der Waals surface area contributed by atoms with Crippen molar-refractivity contribution in [2.75, 3.05) is 13.2 Å². The van der Waals surface area contributed by atoms with Crippen molar-refractivity contribution in [2.24, 2.45) is 4.99 Å². The Balaban J connectivity index is 4.18. The Labute approximate surface area is 86.1 Å². The van der Waals surface area contributed by atoms with E-state index in [1.165, 1.54) is 0 Å². The molecule has 0 saturated carbocycles. The van der Waals surface area contributed by atoms with E-state index in [0.29, 0.717) is 13.2 Å². The molecule has 0 amide bonds. The van der Waals surface area contributed by atoms with Crippen molar-refractivity contribution in [3.8, 4) is 0 Å². The summed E-state index contributed by atoms with van der Waals surface area (Å²) in [6.07, 6.45) is 2.35. The third kappa shape index (κ3) is 5.34. The van der Waals surface area contributed by atoms with Crippen LogP contribution >= 0.6 is 0 Å². The van der Waals surface area contributed by atoms with Crippen LogP contribution in [0.5, 0.6) is 0 Å². The summed E-state index contributed by atoms with van der Waals surface area (Å²) in [4.78, 5) is 13.8. The molecular weight excluding hydrogens is 206 g/mol. The summed E-state index contributed by atoms with van der Waals surface area (Å²) in [5, 5.41) is 0. The monoisotopic (exact) mass is 222 g/mol. The number of nitrogens with zero attached hydrogens (tertiary/aromatic N) is 1. The Morgan fingerprint density at radius 1 is 1.31 bits per heavy atom. The van der Waals surface area contributed by atoms with E-state index in [1.54, 1.807) is 6.08 Å². The topological polar surface area (TPSA) is 47.9 Å². The van der Waals surface area contributed by atoms with E-state index in [1.807, 2.05) is 20.8 Å². The van der Waals surface area contributed by atoms with Gasteiger partial charge in [-0.05, 0) is 0 Å². The van der Waals surface area contributed by atoms with E-state index in [4.69, 9.17) is 6.64 Å². The molecule has 4 nitrogen and oxygen atoms in total. The van der Waals surface area contributed by atoms with E-state index in [-0.39, 0.29) is 4.35 Å². The van der Waals surface area contributed by atoms with Gasteiger partial charge >= 0.3 is 85.9 Å². The zero-order valence-corrected chi connectivity index (χ0v) is 9.93. The molecule has 1 unspecified atom stereocenters. The first-order chi connectivity index (χ1) is 6.29. The van der Waals surface area contributed by atoms with Crippen molar-refractivity contribution in [3.05, 3.63) is 0 Å². The number of hydrogen-bond donors (Lipinski definition) is 0. The number of carbonyl (C=O) groups excluding carboxylic acids is 1. The molecule has 1 atom stereocenters. The SMILES string of the molecule is CC[O][Ti]([O]CC)[CH](CC)N=C=O. The van der Waals surface area contributed by atoms with Crippen molar-refractivity contribution in [2.45, 2.75) is 31.5 Å². The molecule has 0 saturated heterocycles. The molecule has 0 aromatic carbocycles. The van der Waals surface area contributed by atoms with Gasteiger partial charge < -0.3 is 0 Å². The van der Waals surface area contributed by atoms with Crippen LogP contribution in [-0.2, 0) is 30.1 Å². The van der Waals surface area contributed by atoms with Gasteiger partial charge in [-0.15, -0.1) is 0 Å². The van der Waals surface area contributed by atoms with Gasteiger partial charge in [0.1, 0.15) is 0 Å². The molecule has 0 radical (unpaired) electrons. The van der Waals surface area contributed by atoms with Gasteiger partial charge in [-0.2, -0.15) is 0 Å². The number of rotatable bonds is 7. The standard InChI is InChI=1S/C4H6NO.2C2H5O.Ti/c1-2-3-5-4-6;2*1-2-3;/h3H,2H2,1H3;2*2H2,1H3;/q;2*-1;+2. The molecule has 0 bridgehead atoms. The predicted octanol–water partition coefficient (Wildman–Crippen LogP) is 1.58. The Bertz CT molecular complexity index is 165. The van der Waals surface area contributed by atoms with Gasteiger partial charge in [-0.1, -0.05) is 0 Å². The second kappa shape index (κ2) is 8.61. The summed E-state index contributed by atoms with van der Waals surface area (Å²) in [7, 11) is 0. The van der Waals surface area contributed by atoms with Gasteiger partial charge in [0.15, 0.2) is 0 Å². The Kier molecular flexibility index (Phi) is 8.61. The van der Waals surface area contributed by atoms with Gasteiger partial charge in [0, 0.05) is 0 Å². The van der Waals surface area contributed by atoms with Crippen molar-refractivity contribution >= 4 is 6.08 Å². The van der Waals surface area contributed by atoms with Crippen molar-refractivity contribution in [1.82, 2.24) is 0 Å². The minimum absolute atomic E-state index is 0.0719. The van der Waals surface area contributed by atoms with Crippen molar-refractivity contribution in [3.63, 3.8) is 0 Å². The predicted molar refractivity (Wildman–Crippen MR) is 45.5 cm³/mol. The molecular formula is C8H16NO3Ti. The molecule has 0 aromatic heterocycles. The first-order valence-corrected chi connectivity index (χ1v) is 6.67. The van der Waals surface area contributed by atoms with E-state index < -0.39 is 18.6 Å². The molecule has 0 rings (SSSR count). The number of aliphatic imine (C=N–C) groups is 1. The van der Waals surface area contributed by atoms with Gasteiger partial charge in [0.2, 0.25) is 0 Å². The van der Waals surface area contributed by atoms with Gasteiger partial charge in [-0.25, -0.2) is 0 Å². The fourth-order valence-electron chi connectivity index (χ4n) is 0.893. The third-order valence-electron chi connectivity index (χ3n) is 1.44. The fraction of sp³-hybridized carbons (Fsp3) is 0.875. The molecule has 0 aliphatic heterocycles. The molecule has 75 valence electrons. The molecule has 0 spiro atoms. The molecule has 0 aliphatic rings. The quantitative estimate of drug-likeness (QED) is 0.373. The van der Waals surface area contributed by atoms with Crippen LogP contribution in [0.15, 0.2) is 4.99 Å². The van der Waals surface area contributed by atoms with Crippen LogP contribution in [0.2, 0.25) is 0 Å². The minimum atomic E-state index is -2.07. The molecule has 5 heteroatoms. The van der Waals surface area contributed by atoms with E-state index in [9.17, 15) is 4.79 Å². The summed E-state index contributed by atoms with van der Waals surface area (Å²) in [6.45, 7) is 7.06. The molecule has 0 heterocycles. The Morgan fingerprint density at radius 3 is 2.15 bits per heavy atom. The Hall–Kier alpha value is 0.0143. The van der Waals surface area contributed by atoms with Gasteiger partial charge in [0.25, 0.3) is 0 Å².